The molecule has 0 aliphatic heterocycles. The molecule has 3 aromatic carbocycles. The predicted molar refractivity (Wildman–Crippen MR) is 132 cm³/mol. The lowest BCUT2D eigenvalue weighted by Gasteiger charge is -2.24. The van der Waals surface area contributed by atoms with Crippen LogP contribution in [-0.4, -0.2) is 40.4 Å². The minimum atomic E-state index is -4.34. The SMILES string of the molecule is C=CCNC(=O)c1ccccc1NC(=O)CN(c1ccccc1F)S(=O)(=O)c1ccc(OC)cc1. The monoisotopic (exact) mass is 497 g/mol. The van der Waals surface area contributed by atoms with Gasteiger partial charge in [-0.3, -0.25) is 13.9 Å². The van der Waals surface area contributed by atoms with E-state index in [4.69, 9.17) is 4.74 Å². The standard InChI is InChI=1S/C25H24FN3O5S/c1-3-16-27-25(31)20-8-4-6-10-22(20)28-24(30)17-29(23-11-7-5-9-21(23)26)35(32,33)19-14-12-18(34-2)13-15-19/h3-15H,1,16-17H2,2H3,(H,27,31)(H,28,30). The molecule has 2 N–H and O–H groups in total. The molecule has 0 saturated heterocycles. The zero-order valence-corrected chi connectivity index (χ0v) is 19.7. The van der Waals surface area contributed by atoms with Crippen LogP contribution in [0, 0.1) is 5.82 Å². The van der Waals surface area contributed by atoms with Crippen LogP contribution in [0.2, 0.25) is 0 Å². The number of rotatable bonds is 10. The molecule has 3 aromatic rings. The van der Waals surface area contributed by atoms with E-state index in [1.807, 2.05) is 0 Å². The van der Waals surface area contributed by atoms with Gasteiger partial charge in [-0.05, 0) is 48.5 Å². The van der Waals surface area contributed by atoms with Crippen molar-refractivity contribution in [3.05, 3.63) is 96.8 Å². The van der Waals surface area contributed by atoms with E-state index in [2.05, 4.69) is 17.2 Å². The topological polar surface area (TPSA) is 105 Å². The Kier molecular flexibility index (Phi) is 8.21. The number of carbonyl (C=O) groups excluding carboxylic acids is 2. The van der Waals surface area contributed by atoms with Crippen molar-refractivity contribution in [3.8, 4) is 5.75 Å². The van der Waals surface area contributed by atoms with Crippen LogP contribution in [0.3, 0.4) is 0 Å². The lowest BCUT2D eigenvalue weighted by Crippen LogP contribution is -2.39. The van der Waals surface area contributed by atoms with Gasteiger partial charge in [0.25, 0.3) is 15.9 Å². The maximum absolute atomic E-state index is 14.7. The molecular weight excluding hydrogens is 473 g/mol. The molecule has 0 unspecified atom stereocenters. The summed E-state index contributed by atoms with van der Waals surface area (Å²) >= 11 is 0. The second-order valence-electron chi connectivity index (χ2n) is 7.23. The Morgan fingerprint density at radius 3 is 2.34 bits per heavy atom. The third-order valence-corrected chi connectivity index (χ3v) is 6.68. The molecule has 0 heterocycles. The van der Waals surface area contributed by atoms with Crippen molar-refractivity contribution in [2.45, 2.75) is 4.90 Å². The number of hydrogen-bond acceptors (Lipinski definition) is 5. The molecule has 8 nitrogen and oxygen atoms in total. The van der Waals surface area contributed by atoms with E-state index in [0.717, 1.165) is 6.07 Å². The van der Waals surface area contributed by atoms with Crippen LogP contribution in [0.15, 0.2) is 90.3 Å². The summed E-state index contributed by atoms with van der Waals surface area (Å²) in [5.74, 6) is -1.60. The molecule has 0 bridgehead atoms. The summed E-state index contributed by atoms with van der Waals surface area (Å²) in [4.78, 5) is 25.2. The molecule has 35 heavy (non-hydrogen) atoms. The van der Waals surface area contributed by atoms with Gasteiger partial charge < -0.3 is 15.4 Å². The summed E-state index contributed by atoms with van der Waals surface area (Å²) in [6, 6.07) is 17.0. The minimum Gasteiger partial charge on any atom is -0.497 e. The maximum Gasteiger partial charge on any atom is 0.264 e. The van der Waals surface area contributed by atoms with E-state index in [0.29, 0.717) is 10.1 Å². The molecule has 2 amide bonds. The number of anilines is 2. The summed E-state index contributed by atoms with van der Waals surface area (Å²) < 4.78 is 47.3. The number of amides is 2. The Bertz CT molecular complexity index is 1330. The van der Waals surface area contributed by atoms with E-state index < -0.39 is 34.2 Å². The van der Waals surface area contributed by atoms with Gasteiger partial charge in [-0.25, -0.2) is 12.8 Å². The minimum absolute atomic E-state index is 0.154. The van der Waals surface area contributed by atoms with Crippen LogP contribution in [0.5, 0.6) is 5.75 Å². The summed E-state index contributed by atoms with van der Waals surface area (Å²) in [5.41, 5.74) is 0.0584. The lowest BCUT2D eigenvalue weighted by molar-refractivity contribution is -0.114. The van der Waals surface area contributed by atoms with Gasteiger partial charge in [0.2, 0.25) is 5.91 Å². The van der Waals surface area contributed by atoms with Crippen LogP contribution in [0.25, 0.3) is 0 Å². The molecular formula is C25H24FN3O5S. The average molecular weight is 498 g/mol. The third kappa shape index (κ3) is 6.04. The first-order chi connectivity index (χ1) is 16.8. The first-order valence-electron chi connectivity index (χ1n) is 10.5. The highest BCUT2D eigenvalue weighted by molar-refractivity contribution is 7.92. The first kappa shape index (κ1) is 25.4. The number of para-hydroxylation sites is 2. The van der Waals surface area contributed by atoms with Crippen molar-refractivity contribution in [2.75, 3.05) is 29.8 Å². The van der Waals surface area contributed by atoms with Gasteiger partial charge in [0.1, 0.15) is 18.1 Å². The number of sulfonamides is 1. The Morgan fingerprint density at radius 1 is 1.03 bits per heavy atom. The Hall–Kier alpha value is -4.18. The van der Waals surface area contributed by atoms with Gasteiger partial charge in [-0.1, -0.05) is 30.3 Å². The van der Waals surface area contributed by atoms with Crippen molar-refractivity contribution in [1.29, 1.82) is 0 Å². The lowest BCUT2D eigenvalue weighted by atomic mass is 10.1. The van der Waals surface area contributed by atoms with Crippen LogP contribution in [0.1, 0.15) is 10.4 Å². The van der Waals surface area contributed by atoms with Crippen molar-refractivity contribution in [2.24, 2.45) is 0 Å². The molecule has 182 valence electrons. The summed E-state index contributed by atoms with van der Waals surface area (Å²) in [5, 5.41) is 5.17. The van der Waals surface area contributed by atoms with Crippen molar-refractivity contribution >= 4 is 33.2 Å². The van der Waals surface area contributed by atoms with Crippen molar-refractivity contribution in [3.63, 3.8) is 0 Å². The Balaban J connectivity index is 1.94. The number of nitrogens with zero attached hydrogens (tertiary/aromatic N) is 1. The van der Waals surface area contributed by atoms with Crippen LogP contribution in [-0.2, 0) is 14.8 Å². The molecule has 0 fully saturated rings. The molecule has 0 atom stereocenters. The van der Waals surface area contributed by atoms with Crippen molar-refractivity contribution in [1.82, 2.24) is 5.32 Å². The number of benzene rings is 3. The van der Waals surface area contributed by atoms with Crippen LogP contribution >= 0.6 is 0 Å². The first-order valence-corrected chi connectivity index (χ1v) is 11.9. The normalized spacial score (nSPS) is 10.8. The van der Waals surface area contributed by atoms with E-state index in [-0.39, 0.29) is 28.4 Å². The van der Waals surface area contributed by atoms with Gasteiger partial charge in [0.05, 0.1) is 28.9 Å². The van der Waals surface area contributed by atoms with E-state index >= 15 is 0 Å². The van der Waals surface area contributed by atoms with Crippen LogP contribution < -0.4 is 19.7 Å². The molecule has 0 saturated carbocycles. The molecule has 0 radical (unpaired) electrons. The number of methoxy groups -OCH3 is 1. The van der Waals surface area contributed by atoms with E-state index in [9.17, 15) is 22.4 Å². The van der Waals surface area contributed by atoms with Gasteiger partial charge >= 0.3 is 0 Å². The molecule has 10 heteroatoms. The average Bonchev–Trinajstić information content (AvgIpc) is 2.86. The molecule has 0 aromatic heterocycles. The largest absolute Gasteiger partial charge is 0.497 e. The van der Waals surface area contributed by atoms with Gasteiger partial charge in [0.15, 0.2) is 0 Å². The van der Waals surface area contributed by atoms with Crippen molar-refractivity contribution < 1.29 is 27.1 Å². The highest BCUT2D eigenvalue weighted by Gasteiger charge is 2.29. The number of halogens is 1. The molecule has 3 rings (SSSR count). The summed E-state index contributed by atoms with van der Waals surface area (Å²) in [6.45, 7) is 3.03. The van der Waals surface area contributed by atoms with Gasteiger partial charge in [-0.15, -0.1) is 6.58 Å². The fourth-order valence-electron chi connectivity index (χ4n) is 3.20. The molecule has 0 aliphatic rings. The zero-order valence-electron chi connectivity index (χ0n) is 18.9. The van der Waals surface area contributed by atoms with Gasteiger partial charge in [-0.2, -0.15) is 0 Å². The highest BCUT2D eigenvalue weighted by atomic mass is 32.2. The number of carbonyl (C=O) groups is 2. The number of hydrogen-bond donors (Lipinski definition) is 2. The predicted octanol–water partition coefficient (Wildman–Crippen LogP) is 3.58. The smallest absolute Gasteiger partial charge is 0.264 e. The van der Waals surface area contributed by atoms with Gasteiger partial charge in [0, 0.05) is 6.54 Å². The second kappa shape index (κ2) is 11.3. The number of ether oxygens (including phenoxy) is 1. The molecule has 0 aliphatic carbocycles. The highest BCUT2D eigenvalue weighted by Crippen LogP contribution is 2.27. The Morgan fingerprint density at radius 2 is 1.69 bits per heavy atom. The fourth-order valence-corrected chi connectivity index (χ4v) is 4.63. The summed E-state index contributed by atoms with van der Waals surface area (Å²) in [6.07, 6.45) is 1.51. The van der Waals surface area contributed by atoms with E-state index in [1.165, 1.54) is 67.8 Å². The summed E-state index contributed by atoms with van der Waals surface area (Å²) in [7, 11) is -2.90. The maximum atomic E-state index is 14.7. The fraction of sp³-hybridized carbons (Fsp3) is 0.120. The Labute approximate surface area is 203 Å². The quantitative estimate of drug-likeness (QED) is 0.417. The molecule has 0 spiro atoms. The van der Waals surface area contributed by atoms with E-state index in [1.54, 1.807) is 12.1 Å². The number of nitrogens with one attached hydrogen (secondary N) is 2. The third-order valence-electron chi connectivity index (χ3n) is 4.91. The second-order valence-corrected chi connectivity index (χ2v) is 9.09. The van der Waals surface area contributed by atoms with Crippen LogP contribution in [0.4, 0.5) is 15.8 Å². The zero-order chi connectivity index (χ0) is 25.4.